The minimum Gasteiger partial charge on any atom is -0.333 e. The number of Topliss-reactive ketones (excluding diaryl/α,β-unsaturated/α-hetero) is 1. The van der Waals surface area contributed by atoms with E-state index in [4.69, 9.17) is 0 Å². The van der Waals surface area contributed by atoms with Crippen molar-refractivity contribution in [1.82, 2.24) is 4.90 Å². The van der Waals surface area contributed by atoms with Gasteiger partial charge in [-0.2, -0.15) is 13.2 Å². The summed E-state index contributed by atoms with van der Waals surface area (Å²) in [6, 6.07) is 17.4. The number of nitrogens with two attached hydrogens (primary N) is 1. The summed E-state index contributed by atoms with van der Waals surface area (Å²) < 4.78 is 54.5. The van der Waals surface area contributed by atoms with Crippen molar-refractivity contribution in [2.45, 2.75) is 50.9 Å². The lowest BCUT2D eigenvalue weighted by atomic mass is 9.93. The number of benzene rings is 3. The van der Waals surface area contributed by atoms with Gasteiger partial charge in [-0.1, -0.05) is 67.8 Å². The molecule has 1 unspecified atom stereocenters. The molecule has 1 amide bonds. The average Bonchev–Trinajstić information content (AvgIpc) is 3.33. The molecule has 10 heteroatoms. The maximum absolute atomic E-state index is 15.1. The Morgan fingerprint density at radius 1 is 0.951 bits per heavy atom. The Bertz CT molecular complexity index is 1530. The van der Waals surface area contributed by atoms with Crippen molar-refractivity contribution < 1.29 is 27.2 Å². The van der Waals surface area contributed by atoms with E-state index < -0.39 is 23.3 Å². The van der Waals surface area contributed by atoms with Crippen LogP contribution in [0.25, 0.3) is 21.2 Å². The van der Waals surface area contributed by atoms with Crippen LogP contribution in [0.15, 0.2) is 66.7 Å². The number of ketones is 1. The molecule has 4 nitrogen and oxygen atoms in total. The van der Waals surface area contributed by atoms with Gasteiger partial charge in [0.2, 0.25) is 0 Å². The minimum atomic E-state index is -4.95. The highest BCUT2D eigenvalue weighted by molar-refractivity contribution is 7.34. The first-order valence-electron chi connectivity index (χ1n) is 13.3. The standard InChI is InChI=1S/C30H26F4NO2PS.CH5N/c31-24-15-14-20(18-10-12-19(13-11-18)28(36)30(32,33)34)16-21(24)17-35(22-6-2-1-3-7-22)29(37)27-26(38)23-8-4-5-9-25(23)39-27;1-2/h4-5,8-16,22H,1-3,6-7,17,38H2;2H2,1H3. The zero-order valence-electron chi connectivity index (χ0n) is 22.5. The van der Waals surface area contributed by atoms with Gasteiger partial charge in [0.25, 0.3) is 11.7 Å². The second-order valence-electron chi connectivity index (χ2n) is 9.78. The number of thiophene rings is 1. The number of amides is 1. The van der Waals surface area contributed by atoms with Crippen molar-refractivity contribution in [3.8, 4) is 11.1 Å². The molecule has 41 heavy (non-hydrogen) atoms. The Balaban J connectivity index is 0.00000189. The van der Waals surface area contributed by atoms with E-state index in [2.05, 4.69) is 15.0 Å². The Hall–Kier alpha value is -3.13. The summed E-state index contributed by atoms with van der Waals surface area (Å²) in [4.78, 5) is 27.9. The fraction of sp³-hybridized carbons (Fsp3) is 0.290. The zero-order chi connectivity index (χ0) is 29.7. The lowest BCUT2D eigenvalue weighted by molar-refractivity contribution is -0.0885. The van der Waals surface area contributed by atoms with Crippen LogP contribution in [-0.2, 0) is 6.54 Å². The van der Waals surface area contributed by atoms with Crippen LogP contribution in [0.1, 0.15) is 57.7 Å². The number of fused-ring (bicyclic) bond motifs is 1. The van der Waals surface area contributed by atoms with Crippen molar-refractivity contribution in [3.63, 3.8) is 0 Å². The number of carbonyl (C=O) groups excluding carboxylic acids is 2. The number of rotatable bonds is 6. The van der Waals surface area contributed by atoms with Crippen LogP contribution in [0, 0.1) is 5.82 Å². The average molecular weight is 603 g/mol. The SMILES string of the molecule is CN.O=C(c1sc2ccccc2c1P)N(Cc1cc(-c2ccc(C(=O)C(F)(F)F)cc2)ccc1F)C1CCCCC1. The summed E-state index contributed by atoms with van der Waals surface area (Å²) >= 11 is 1.43. The predicted octanol–water partition coefficient (Wildman–Crippen LogP) is 7.50. The van der Waals surface area contributed by atoms with E-state index in [9.17, 15) is 22.8 Å². The third-order valence-corrected chi connectivity index (χ3v) is 9.21. The largest absolute Gasteiger partial charge is 0.454 e. The molecule has 1 atom stereocenters. The normalized spacial score (nSPS) is 13.9. The molecule has 1 fully saturated rings. The summed E-state index contributed by atoms with van der Waals surface area (Å²) in [5.41, 5.74) is 5.50. The van der Waals surface area contributed by atoms with Crippen LogP contribution in [0.5, 0.6) is 0 Å². The van der Waals surface area contributed by atoms with Crippen LogP contribution in [0.2, 0.25) is 0 Å². The summed E-state index contributed by atoms with van der Waals surface area (Å²) in [5, 5.41) is 1.84. The minimum absolute atomic E-state index is 0.0171. The molecule has 0 radical (unpaired) electrons. The molecule has 0 saturated heterocycles. The lowest BCUT2D eigenvalue weighted by Gasteiger charge is -2.34. The Morgan fingerprint density at radius 2 is 1.59 bits per heavy atom. The molecule has 4 aromatic rings. The van der Waals surface area contributed by atoms with Crippen LogP contribution >= 0.6 is 20.6 Å². The van der Waals surface area contributed by atoms with E-state index in [-0.39, 0.29) is 18.5 Å². The van der Waals surface area contributed by atoms with Crippen LogP contribution < -0.4 is 11.0 Å². The summed E-state index contributed by atoms with van der Waals surface area (Å²) in [6.07, 6.45) is -0.157. The van der Waals surface area contributed by atoms with Crippen LogP contribution in [0.3, 0.4) is 0 Å². The van der Waals surface area contributed by atoms with E-state index >= 15 is 4.39 Å². The number of halogens is 4. The van der Waals surface area contributed by atoms with Crippen molar-refractivity contribution in [3.05, 3.63) is 88.6 Å². The molecule has 1 aliphatic rings. The summed E-state index contributed by atoms with van der Waals surface area (Å²) in [7, 11) is 4.18. The highest BCUT2D eigenvalue weighted by Gasteiger charge is 2.39. The Kier molecular flexibility index (Phi) is 9.95. The van der Waals surface area contributed by atoms with Gasteiger partial charge in [0.05, 0.1) is 0 Å². The highest BCUT2D eigenvalue weighted by Crippen LogP contribution is 2.32. The first-order chi connectivity index (χ1) is 19.6. The molecule has 0 bridgehead atoms. The zero-order valence-corrected chi connectivity index (χ0v) is 24.5. The van der Waals surface area contributed by atoms with E-state index in [1.54, 1.807) is 17.0 Å². The molecule has 2 N–H and O–H groups in total. The quantitative estimate of drug-likeness (QED) is 0.141. The molecule has 0 spiro atoms. The van der Waals surface area contributed by atoms with E-state index in [1.807, 2.05) is 24.3 Å². The fourth-order valence-corrected chi connectivity index (χ4v) is 6.89. The molecule has 216 valence electrons. The molecule has 1 aromatic heterocycles. The number of alkyl halides is 3. The van der Waals surface area contributed by atoms with Gasteiger partial charge >= 0.3 is 6.18 Å². The summed E-state index contributed by atoms with van der Waals surface area (Å²) in [6.45, 7) is 0.0756. The fourth-order valence-electron chi connectivity index (χ4n) is 5.15. The van der Waals surface area contributed by atoms with Crippen molar-refractivity contribution in [2.75, 3.05) is 7.05 Å². The molecule has 0 aliphatic heterocycles. The first kappa shape index (κ1) is 30.8. The molecule has 1 aliphatic carbocycles. The van der Waals surface area contributed by atoms with Gasteiger partial charge in [0.1, 0.15) is 10.7 Å². The third-order valence-electron chi connectivity index (χ3n) is 7.23. The maximum atomic E-state index is 15.1. The topological polar surface area (TPSA) is 63.4 Å². The monoisotopic (exact) mass is 602 g/mol. The van der Waals surface area contributed by atoms with Crippen molar-refractivity contribution in [1.29, 1.82) is 0 Å². The van der Waals surface area contributed by atoms with Crippen LogP contribution in [0.4, 0.5) is 17.6 Å². The second kappa shape index (κ2) is 13.2. The Labute approximate surface area is 242 Å². The van der Waals surface area contributed by atoms with Gasteiger partial charge in [0, 0.05) is 39.1 Å². The lowest BCUT2D eigenvalue weighted by Crippen LogP contribution is -2.41. The van der Waals surface area contributed by atoms with Gasteiger partial charge in [-0.05, 0) is 49.2 Å². The number of hydrogen-bond acceptors (Lipinski definition) is 4. The molecular formula is C31H31F4N2O2PS. The molecule has 3 aromatic carbocycles. The maximum Gasteiger partial charge on any atom is 0.454 e. The van der Waals surface area contributed by atoms with Gasteiger partial charge < -0.3 is 10.6 Å². The molecule has 1 heterocycles. The van der Waals surface area contributed by atoms with E-state index in [1.165, 1.54) is 36.6 Å². The van der Waals surface area contributed by atoms with Gasteiger partial charge in [-0.3, -0.25) is 9.59 Å². The van der Waals surface area contributed by atoms with Crippen molar-refractivity contribution >= 4 is 47.7 Å². The van der Waals surface area contributed by atoms with Crippen LogP contribution in [-0.4, -0.2) is 35.9 Å². The number of hydrogen-bond donors (Lipinski definition) is 1. The summed E-state index contributed by atoms with van der Waals surface area (Å²) in [5.74, 6) is -2.50. The second-order valence-corrected chi connectivity index (χ2v) is 11.4. The van der Waals surface area contributed by atoms with Crippen molar-refractivity contribution in [2.24, 2.45) is 5.73 Å². The van der Waals surface area contributed by atoms with Gasteiger partial charge in [-0.25, -0.2) is 4.39 Å². The number of carbonyl (C=O) groups is 2. The van der Waals surface area contributed by atoms with E-state index in [0.29, 0.717) is 21.6 Å². The van der Waals surface area contributed by atoms with E-state index in [0.717, 1.165) is 59.6 Å². The highest BCUT2D eigenvalue weighted by atomic mass is 32.1. The molecule has 5 rings (SSSR count). The molecular weight excluding hydrogens is 571 g/mol. The van der Waals surface area contributed by atoms with Gasteiger partial charge in [-0.15, -0.1) is 20.6 Å². The molecule has 1 saturated carbocycles. The Morgan fingerprint density at radius 3 is 2.22 bits per heavy atom. The number of nitrogens with zero attached hydrogens (tertiary/aromatic N) is 1. The smallest absolute Gasteiger partial charge is 0.333 e. The first-order valence-corrected chi connectivity index (χ1v) is 14.7. The van der Waals surface area contributed by atoms with Gasteiger partial charge in [0.15, 0.2) is 0 Å². The predicted molar refractivity (Wildman–Crippen MR) is 160 cm³/mol. The third kappa shape index (κ3) is 6.85.